The molecule has 1 heterocycles. The Morgan fingerprint density at radius 2 is 1.83 bits per heavy atom. The minimum atomic E-state index is 0.0433. The van der Waals surface area contributed by atoms with Gasteiger partial charge in [0.15, 0.2) is 5.96 Å². The van der Waals surface area contributed by atoms with Crippen LogP contribution >= 0.6 is 0 Å². The van der Waals surface area contributed by atoms with E-state index in [4.69, 9.17) is 0 Å². The number of aliphatic imine (C=N–C) groups is 1. The Balaban J connectivity index is 1.31. The topological polar surface area (TPSA) is 60.0 Å². The van der Waals surface area contributed by atoms with Crippen molar-refractivity contribution in [3.8, 4) is 0 Å². The van der Waals surface area contributed by atoms with Gasteiger partial charge in [-0.2, -0.15) is 0 Å². The first-order valence-corrected chi connectivity index (χ1v) is 11.6. The summed E-state index contributed by atoms with van der Waals surface area (Å²) in [7, 11) is 3.58. The van der Waals surface area contributed by atoms with Gasteiger partial charge in [-0.05, 0) is 49.5 Å². The molecule has 2 aliphatic carbocycles. The second kappa shape index (κ2) is 9.82. The Hall–Kier alpha value is -2.08. The molecule has 4 rings (SSSR count). The fourth-order valence-electron chi connectivity index (χ4n) is 5.29. The molecule has 1 aromatic carbocycles. The summed E-state index contributed by atoms with van der Waals surface area (Å²) in [6.07, 6.45) is 7.55. The molecular weight excluding hydrogens is 374 g/mol. The maximum atomic E-state index is 12.1. The van der Waals surface area contributed by atoms with Gasteiger partial charge < -0.3 is 15.5 Å². The van der Waals surface area contributed by atoms with Gasteiger partial charge in [-0.15, -0.1) is 0 Å². The quantitative estimate of drug-likeness (QED) is 0.558. The van der Waals surface area contributed by atoms with Crippen LogP contribution in [-0.4, -0.2) is 67.5 Å². The standard InChI is InChI=1S/C24H37N5O/c1-28(2)23(30)16-25-24(27-22-15-19-8-9-20(22)14-19)26-21-10-12-29(13-11-21)17-18-6-4-3-5-7-18/h3-7,19-22H,8-17H2,1-2H3,(H2,25,26,27). The number of likely N-dealkylation sites (tertiary alicyclic amines) is 1. The van der Waals surface area contributed by atoms with Crippen molar-refractivity contribution in [1.29, 1.82) is 0 Å². The fourth-order valence-corrected chi connectivity index (χ4v) is 5.29. The van der Waals surface area contributed by atoms with E-state index in [-0.39, 0.29) is 12.5 Å². The fraction of sp³-hybridized carbons (Fsp3) is 0.667. The predicted molar refractivity (Wildman–Crippen MR) is 121 cm³/mol. The highest BCUT2D eigenvalue weighted by Crippen LogP contribution is 2.44. The van der Waals surface area contributed by atoms with Crippen LogP contribution in [-0.2, 0) is 11.3 Å². The number of benzene rings is 1. The summed E-state index contributed by atoms with van der Waals surface area (Å²) in [5.41, 5.74) is 1.38. The van der Waals surface area contributed by atoms with Gasteiger partial charge in [0.25, 0.3) is 0 Å². The number of rotatable bonds is 6. The van der Waals surface area contributed by atoms with Gasteiger partial charge in [0, 0.05) is 45.8 Å². The summed E-state index contributed by atoms with van der Waals surface area (Å²) in [4.78, 5) is 20.9. The number of guanidine groups is 1. The van der Waals surface area contributed by atoms with Crippen molar-refractivity contribution in [3.63, 3.8) is 0 Å². The van der Waals surface area contributed by atoms with E-state index in [1.165, 1.54) is 31.2 Å². The Bertz CT molecular complexity index is 726. The third-order valence-corrected chi connectivity index (χ3v) is 7.11. The third-order valence-electron chi connectivity index (χ3n) is 7.11. The molecule has 3 atom stereocenters. The first kappa shape index (κ1) is 21.2. The number of amides is 1. The molecule has 6 nitrogen and oxygen atoms in total. The Labute approximate surface area is 181 Å². The van der Waals surface area contributed by atoms with Gasteiger partial charge in [0.2, 0.25) is 5.91 Å². The molecule has 1 amide bonds. The van der Waals surface area contributed by atoms with Crippen LogP contribution < -0.4 is 10.6 Å². The summed E-state index contributed by atoms with van der Waals surface area (Å²) in [5, 5.41) is 7.36. The summed E-state index contributed by atoms with van der Waals surface area (Å²) < 4.78 is 0. The van der Waals surface area contributed by atoms with Gasteiger partial charge in [-0.25, -0.2) is 4.99 Å². The summed E-state index contributed by atoms with van der Waals surface area (Å²) in [6.45, 7) is 3.40. The van der Waals surface area contributed by atoms with Crippen LogP contribution in [0, 0.1) is 11.8 Å². The van der Waals surface area contributed by atoms with E-state index in [0.29, 0.717) is 12.1 Å². The second-order valence-corrected chi connectivity index (χ2v) is 9.56. The highest BCUT2D eigenvalue weighted by Gasteiger charge is 2.40. The van der Waals surface area contributed by atoms with E-state index < -0.39 is 0 Å². The molecule has 1 aromatic rings. The number of nitrogens with zero attached hydrogens (tertiary/aromatic N) is 3. The second-order valence-electron chi connectivity index (χ2n) is 9.56. The highest BCUT2D eigenvalue weighted by atomic mass is 16.2. The average Bonchev–Trinajstić information content (AvgIpc) is 3.37. The molecule has 1 saturated heterocycles. The summed E-state index contributed by atoms with van der Waals surface area (Å²) in [6, 6.07) is 11.6. The summed E-state index contributed by atoms with van der Waals surface area (Å²) >= 11 is 0. The van der Waals surface area contributed by atoms with E-state index in [0.717, 1.165) is 50.3 Å². The SMILES string of the molecule is CN(C)C(=O)CN=C(NC1CCN(Cc2ccccc2)CC1)NC1CC2CCC1C2. The third kappa shape index (κ3) is 5.54. The summed E-state index contributed by atoms with van der Waals surface area (Å²) in [5.74, 6) is 2.55. The number of carbonyl (C=O) groups excluding carboxylic acids is 1. The maximum absolute atomic E-state index is 12.1. The number of nitrogens with one attached hydrogen (secondary N) is 2. The molecule has 2 saturated carbocycles. The van der Waals surface area contributed by atoms with Gasteiger partial charge >= 0.3 is 0 Å². The number of hydrogen-bond acceptors (Lipinski definition) is 3. The molecular formula is C24H37N5O. The van der Waals surface area contributed by atoms with Crippen LogP contribution in [0.25, 0.3) is 0 Å². The van der Waals surface area contributed by atoms with E-state index in [1.807, 2.05) is 0 Å². The van der Waals surface area contributed by atoms with Crippen molar-refractivity contribution in [2.24, 2.45) is 16.8 Å². The number of hydrogen-bond donors (Lipinski definition) is 2. The number of fused-ring (bicyclic) bond motifs is 2. The molecule has 3 aliphatic rings. The van der Waals surface area contributed by atoms with Crippen molar-refractivity contribution in [1.82, 2.24) is 20.4 Å². The molecule has 164 valence electrons. The van der Waals surface area contributed by atoms with Crippen LogP contribution in [0.5, 0.6) is 0 Å². The maximum Gasteiger partial charge on any atom is 0.243 e. The number of piperidine rings is 1. The van der Waals surface area contributed by atoms with Crippen LogP contribution in [0.3, 0.4) is 0 Å². The predicted octanol–water partition coefficient (Wildman–Crippen LogP) is 2.46. The molecule has 2 bridgehead atoms. The van der Waals surface area contributed by atoms with Crippen LogP contribution in [0.2, 0.25) is 0 Å². The lowest BCUT2D eigenvalue weighted by Crippen LogP contribution is -2.52. The van der Waals surface area contributed by atoms with Crippen molar-refractivity contribution >= 4 is 11.9 Å². The van der Waals surface area contributed by atoms with Crippen molar-refractivity contribution in [2.75, 3.05) is 33.7 Å². The van der Waals surface area contributed by atoms with E-state index in [9.17, 15) is 4.79 Å². The van der Waals surface area contributed by atoms with Crippen molar-refractivity contribution in [3.05, 3.63) is 35.9 Å². The largest absolute Gasteiger partial charge is 0.354 e. The minimum absolute atomic E-state index is 0.0433. The molecule has 30 heavy (non-hydrogen) atoms. The average molecular weight is 412 g/mol. The van der Waals surface area contributed by atoms with Gasteiger partial charge in [0.1, 0.15) is 6.54 Å². The smallest absolute Gasteiger partial charge is 0.243 e. The lowest BCUT2D eigenvalue weighted by molar-refractivity contribution is -0.127. The molecule has 0 radical (unpaired) electrons. The van der Waals surface area contributed by atoms with Gasteiger partial charge in [-0.3, -0.25) is 9.69 Å². The van der Waals surface area contributed by atoms with Crippen LogP contribution in [0.15, 0.2) is 35.3 Å². The zero-order chi connectivity index (χ0) is 20.9. The zero-order valence-corrected chi connectivity index (χ0v) is 18.5. The van der Waals surface area contributed by atoms with Crippen molar-refractivity contribution < 1.29 is 4.79 Å². The van der Waals surface area contributed by atoms with Crippen LogP contribution in [0.4, 0.5) is 0 Å². The first-order valence-electron chi connectivity index (χ1n) is 11.6. The molecule has 3 unspecified atom stereocenters. The lowest BCUT2D eigenvalue weighted by Gasteiger charge is -2.34. The monoisotopic (exact) mass is 411 g/mol. The molecule has 0 spiro atoms. The molecule has 3 fully saturated rings. The highest BCUT2D eigenvalue weighted by molar-refractivity contribution is 5.85. The van der Waals surface area contributed by atoms with Crippen molar-refractivity contribution in [2.45, 2.75) is 57.2 Å². The Morgan fingerprint density at radius 1 is 1.07 bits per heavy atom. The first-order chi connectivity index (χ1) is 14.6. The van der Waals surface area contributed by atoms with Gasteiger partial charge in [-0.1, -0.05) is 36.8 Å². The number of likely N-dealkylation sites (N-methyl/N-ethyl adjacent to an activating group) is 1. The Morgan fingerprint density at radius 3 is 2.47 bits per heavy atom. The van der Waals surface area contributed by atoms with E-state index in [2.05, 4.69) is 50.9 Å². The van der Waals surface area contributed by atoms with E-state index >= 15 is 0 Å². The molecule has 1 aliphatic heterocycles. The molecule has 6 heteroatoms. The van der Waals surface area contributed by atoms with E-state index in [1.54, 1.807) is 19.0 Å². The normalized spacial score (nSPS) is 27.3. The zero-order valence-electron chi connectivity index (χ0n) is 18.5. The number of carbonyl (C=O) groups is 1. The molecule has 0 aromatic heterocycles. The van der Waals surface area contributed by atoms with Crippen LogP contribution in [0.1, 0.15) is 44.1 Å². The van der Waals surface area contributed by atoms with Gasteiger partial charge in [0.05, 0.1) is 0 Å². The lowest BCUT2D eigenvalue weighted by atomic mass is 9.95. The minimum Gasteiger partial charge on any atom is -0.354 e. The Kier molecular flexibility index (Phi) is 6.93. The molecule has 2 N–H and O–H groups in total.